The van der Waals surface area contributed by atoms with Crippen molar-refractivity contribution in [3.63, 3.8) is 0 Å². The molecular weight excluding hydrogens is 687 g/mol. The molecule has 275 valence electrons. The Kier molecular flexibility index (Phi) is 14.6. The quantitative estimate of drug-likeness (QED) is 0.174. The van der Waals surface area contributed by atoms with Crippen LogP contribution in [-0.2, 0) is 27.6 Å². The van der Waals surface area contributed by atoms with E-state index in [1.807, 2.05) is 54.6 Å². The second-order valence-corrected chi connectivity index (χ2v) is 14.6. The summed E-state index contributed by atoms with van der Waals surface area (Å²) in [6, 6.07) is 23.1. The fourth-order valence-electron chi connectivity index (χ4n) is 5.76. The van der Waals surface area contributed by atoms with Crippen molar-refractivity contribution in [2.24, 2.45) is 9.98 Å². The maximum Gasteiger partial charge on any atom is 0.128 e. The molecule has 0 unspecified atom stereocenters. The molecule has 0 aromatic heterocycles. The van der Waals surface area contributed by atoms with Crippen molar-refractivity contribution < 1.29 is 46.3 Å². The van der Waals surface area contributed by atoms with Crippen LogP contribution in [0.25, 0.3) is 0 Å². The van der Waals surface area contributed by atoms with Crippen molar-refractivity contribution >= 4 is 12.4 Å². The zero-order valence-electron chi connectivity index (χ0n) is 30.9. The number of methoxy groups -OCH3 is 2. The predicted octanol–water partition coefficient (Wildman–Crippen LogP) is 9.11. The van der Waals surface area contributed by atoms with Crippen LogP contribution in [-0.4, -0.2) is 48.9 Å². The zero-order valence-corrected chi connectivity index (χ0v) is 31.9. The largest absolute Gasteiger partial charge is 0.872 e. The third-order valence-corrected chi connectivity index (χ3v) is 8.62. The third-order valence-electron chi connectivity index (χ3n) is 8.62. The van der Waals surface area contributed by atoms with Crippen molar-refractivity contribution in [1.29, 1.82) is 0 Å². The van der Waals surface area contributed by atoms with Crippen molar-refractivity contribution in [2.75, 3.05) is 14.2 Å². The van der Waals surface area contributed by atoms with Gasteiger partial charge < -0.3 is 29.5 Å². The zero-order chi connectivity index (χ0) is 36.5. The first-order valence-electron chi connectivity index (χ1n) is 17.1. The molecule has 0 bridgehead atoms. The molecule has 9 heteroatoms. The van der Waals surface area contributed by atoms with Gasteiger partial charge in [-0.25, -0.2) is 0 Å². The number of aromatic hydroxyl groups is 2. The summed E-state index contributed by atoms with van der Waals surface area (Å²) in [6.07, 6.45) is 7.53. The second-order valence-electron chi connectivity index (χ2n) is 14.6. The minimum atomic E-state index is -0.233. The summed E-state index contributed by atoms with van der Waals surface area (Å²) in [5, 5.41) is 32.7. The molecule has 51 heavy (non-hydrogen) atoms. The number of nitrogens with zero attached hydrogens (tertiary/aromatic N) is 2. The minimum Gasteiger partial charge on any atom is -0.872 e. The van der Waals surface area contributed by atoms with Crippen molar-refractivity contribution in [3.05, 3.63) is 101 Å². The van der Waals surface area contributed by atoms with E-state index in [0.29, 0.717) is 28.4 Å². The Morgan fingerprint density at radius 1 is 0.627 bits per heavy atom. The summed E-state index contributed by atoms with van der Waals surface area (Å²) in [6.45, 7) is 12.4. The van der Waals surface area contributed by atoms with E-state index in [9.17, 15) is 15.3 Å². The van der Waals surface area contributed by atoms with Crippen LogP contribution in [0.1, 0.15) is 89.5 Å². The monoisotopic (exact) mass is 738 g/mol. The van der Waals surface area contributed by atoms with Gasteiger partial charge in [-0.3, -0.25) is 9.98 Å². The van der Waals surface area contributed by atoms with Gasteiger partial charge >= 0.3 is 0 Å². The summed E-state index contributed by atoms with van der Waals surface area (Å²) in [5.74, 6) is 3.30. The van der Waals surface area contributed by atoms with Gasteiger partial charge in [0.1, 0.15) is 34.5 Å². The maximum atomic E-state index is 10.9. The molecule has 4 aromatic rings. The van der Waals surface area contributed by atoms with E-state index >= 15 is 0 Å². The van der Waals surface area contributed by atoms with E-state index in [1.165, 1.54) is 12.1 Å². The molecule has 5 rings (SSSR count). The fraction of sp³-hybridized carbons (Fsp3) is 0.381. The molecule has 1 fully saturated rings. The summed E-state index contributed by atoms with van der Waals surface area (Å²) < 4.78 is 16.5. The number of benzene rings is 4. The van der Waals surface area contributed by atoms with E-state index in [-0.39, 0.29) is 56.9 Å². The van der Waals surface area contributed by atoms with Gasteiger partial charge in [-0.15, -0.1) is 5.75 Å². The number of phenols is 2. The first kappa shape index (κ1) is 41.0. The number of hydrogen-bond donors (Lipinski definition) is 2. The van der Waals surface area contributed by atoms with Gasteiger partial charge in [0.05, 0.1) is 26.3 Å². The van der Waals surface area contributed by atoms with E-state index in [2.05, 4.69) is 41.5 Å². The van der Waals surface area contributed by atoms with E-state index < -0.39 is 0 Å². The fourth-order valence-corrected chi connectivity index (χ4v) is 5.76. The predicted molar refractivity (Wildman–Crippen MR) is 200 cm³/mol. The standard InChI is InChI=1S/C30H42N2O4.C12H10O2.Co/c1-29(2,3)23-15-21(35-7)13-19(27(23)33)17-31-25-11-9-10-12-26(25)32-18-20-14-22(36-8)16-24(28(20)34)30(4,5)6;13-10-6-8-12(9-7-10)14-11-4-2-1-3-5-11;/h13-18,25-26,33-34H,9-12H2,1-8H3;1-9,13H;/p-1/t25-,26-;;/m1../s1. The van der Waals surface area contributed by atoms with Crippen LogP contribution in [0.2, 0.25) is 0 Å². The van der Waals surface area contributed by atoms with E-state index in [1.54, 1.807) is 38.8 Å². The van der Waals surface area contributed by atoms with Crippen LogP contribution in [0.3, 0.4) is 0 Å². The molecular formula is C42H51CoN2O6-. The first-order valence-corrected chi connectivity index (χ1v) is 17.1. The van der Waals surface area contributed by atoms with E-state index in [0.717, 1.165) is 42.6 Å². The van der Waals surface area contributed by atoms with Gasteiger partial charge in [0, 0.05) is 51.5 Å². The molecule has 0 spiro atoms. The SMILES string of the molecule is COc1cc(C=N[C@@H]2CCCC[C@H]2N=Cc2cc(OC)cc(C(C)(C)C)c2O)c(O)c(C(C)(C)C)c1.[Co].[O-]c1ccc(Oc2ccccc2)cc1. The van der Waals surface area contributed by atoms with Crippen LogP contribution in [0.15, 0.2) is 88.8 Å². The molecule has 2 N–H and O–H groups in total. The summed E-state index contributed by atoms with van der Waals surface area (Å²) in [5.41, 5.74) is 2.47. The van der Waals surface area contributed by atoms with Gasteiger partial charge in [-0.1, -0.05) is 84.7 Å². The Labute approximate surface area is 313 Å². The maximum absolute atomic E-state index is 10.9. The van der Waals surface area contributed by atoms with Crippen molar-refractivity contribution in [2.45, 2.75) is 90.1 Å². The Morgan fingerprint density at radius 2 is 1.04 bits per heavy atom. The number of rotatable bonds is 8. The van der Waals surface area contributed by atoms with Crippen LogP contribution < -0.4 is 19.3 Å². The molecule has 2 atom stereocenters. The topological polar surface area (TPSA) is 116 Å². The average molecular weight is 739 g/mol. The second kappa shape index (κ2) is 18.1. The summed E-state index contributed by atoms with van der Waals surface area (Å²) in [7, 11) is 3.26. The molecule has 1 aliphatic rings. The van der Waals surface area contributed by atoms with Crippen LogP contribution >= 0.6 is 0 Å². The average Bonchev–Trinajstić information content (AvgIpc) is 3.08. The van der Waals surface area contributed by atoms with Crippen LogP contribution in [0, 0.1) is 0 Å². The number of hydrogen-bond acceptors (Lipinski definition) is 8. The number of para-hydroxylation sites is 1. The van der Waals surface area contributed by atoms with E-state index in [4.69, 9.17) is 24.2 Å². The smallest absolute Gasteiger partial charge is 0.128 e. The molecule has 0 amide bonds. The first-order chi connectivity index (χ1) is 23.7. The van der Waals surface area contributed by atoms with Crippen molar-refractivity contribution in [1.82, 2.24) is 0 Å². The number of phenolic OH excluding ortho intramolecular Hbond substituents is 2. The van der Waals surface area contributed by atoms with Gasteiger partial charge in [0.25, 0.3) is 0 Å². The summed E-state index contributed by atoms with van der Waals surface area (Å²) in [4.78, 5) is 9.76. The van der Waals surface area contributed by atoms with Crippen molar-refractivity contribution in [3.8, 4) is 40.2 Å². The van der Waals surface area contributed by atoms with Gasteiger partial charge in [0.2, 0.25) is 0 Å². The van der Waals surface area contributed by atoms with Crippen LogP contribution in [0.5, 0.6) is 40.2 Å². The molecule has 0 heterocycles. The Morgan fingerprint density at radius 3 is 1.43 bits per heavy atom. The summed E-state index contributed by atoms with van der Waals surface area (Å²) >= 11 is 0. The molecule has 8 nitrogen and oxygen atoms in total. The van der Waals surface area contributed by atoms with Gasteiger partial charge in [-0.05, 0) is 72.2 Å². The number of aliphatic imine (C=N–C) groups is 2. The molecule has 1 aliphatic carbocycles. The third kappa shape index (κ3) is 11.5. The Balaban J connectivity index is 0.000000389. The Bertz CT molecular complexity index is 1670. The minimum absolute atomic E-state index is 0. The normalized spacial score (nSPS) is 16.2. The molecule has 1 radical (unpaired) electrons. The molecule has 4 aromatic carbocycles. The molecule has 0 aliphatic heterocycles. The molecule has 0 saturated heterocycles. The molecule has 1 saturated carbocycles. The van der Waals surface area contributed by atoms with Gasteiger partial charge in [0.15, 0.2) is 0 Å². The van der Waals surface area contributed by atoms with Gasteiger partial charge in [-0.2, -0.15) is 0 Å². The Hall–Kier alpha value is -4.47. The van der Waals surface area contributed by atoms with Crippen LogP contribution in [0.4, 0.5) is 0 Å². The number of ether oxygens (including phenoxy) is 3.